The van der Waals surface area contributed by atoms with E-state index >= 15 is 0 Å². The summed E-state index contributed by atoms with van der Waals surface area (Å²) in [5.74, 6) is 1.24. The molecule has 5 nitrogen and oxygen atoms in total. The lowest BCUT2D eigenvalue weighted by molar-refractivity contribution is -0.115. The molecule has 1 amide bonds. The van der Waals surface area contributed by atoms with Crippen molar-refractivity contribution in [3.05, 3.63) is 66.5 Å². The van der Waals surface area contributed by atoms with Crippen molar-refractivity contribution in [2.24, 2.45) is 0 Å². The zero-order valence-electron chi connectivity index (χ0n) is 16.2. The van der Waals surface area contributed by atoms with E-state index in [4.69, 9.17) is 4.74 Å². The number of nitrogens with zero attached hydrogens (tertiary/aromatic N) is 2. The number of hydrogen-bond acceptors (Lipinski definition) is 5. The number of aryl methyl sites for hydroxylation is 1. The van der Waals surface area contributed by atoms with Gasteiger partial charge in [0.25, 0.3) is 0 Å². The number of ether oxygens (including phenoxy) is 1. The summed E-state index contributed by atoms with van der Waals surface area (Å²) in [6.45, 7) is 6.18. The van der Waals surface area contributed by atoms with E-state index in [0.717, 1.165) is 16.3 Å². The van der Waals surface area contributed by atoms with Gasteiger partial charge in [0.2, 0.25) is 5.91 Å². The third-order valence-corrected chi connectivity index (χ3v) is 5.01. The van der Waals surface area contributed by atoms with Crippen LogP contribution in [0.2, 0.25) is 0 Å². The van der Waals surface area contributed by atoms with E-state index in [2.05, 4.69) is 15.3 Å². The fourth-order valence-electron chi connectivity index (χ4n) is 2.68. The smallest absolute Gasteiger partial charge is 0.237 e. The molecule has 28 heavy (non-hydrogen) atoms. The Labute approximate surface area is 169 Å². The van der Waals surface area contributed by atoms with Crippen molar-refractivity contribution in [2.75, 3.05) is 11.9 Å². The summed E-state index contributed by atoms with van der Waals surface area (Å²) < 4.78 is 5.57. The SMILES string of the molecule is CCOc1ccccc1NC(=O)C(C)Sc1cc(-c2ccccc2)nc(C)n1. The maximum absolute atomic E-state index is 12.7. The molecule has 1 N–H and O–H groups in total. The molecule has 0 aliphatic heterocycles. The highest BCUT2D eigenvalue weighted by molar-refractivity contribution is 8.00. The molecular weight excluding hydrogens is 370 g/mol. The van der Waals surface area contributed by atoms with Crippen LogP contribution >= 0.6 is 11.8 Å². The van der Waals surface area contributed by atoms with Gasteiger partial charge in [-0.2, -0.15) is 0 Å². The predicted octanol–water partition coefficient (Wildman–Crippen LogP) is 4.97. The number of amides is 1. The fraction of sp³-hybridized carbons (Fsp3) is 0.227. The third-order valence-electron chi connectivity index (χ3n) is 4.00. The average Bonchev–Trinajstić information content (AvgIpc) is 2.70. The van der Waals surface area contributed by atoms with Crippen LogP contribution in [0.4, 0.5) is 5.69 Å². The Bertz CT molecular complexity index is 948. The first-order valence-corrected chi connectivity index (χ1v) is 10.0. The standard InChI is InChI=1S/C22H23N3O2S/c1-4-27-20-13-9-8-12-18(20)25-22(26)15(2)28-21-14-19(23-16(3)24-21)17-10-6-5-7-11-17/h5-15H,4H2,1-3H3,(H,25,26). The van der Waals surface area contributed by atoms with Crippen LogP contribution in [0.3, 0.4) is 0 Å². The largest absolute Gasteiger partial charge is 0.492 e. The molecule has 3 rings (SSSR count). The highest BCUT2D eigenvalue weighted by atomic mass is 32.2. The Morgan fingerprint density at radius 3 is 2.57 bits per heavy atom. The van der Waals surface area contributed by atoms with E-state index in [1.807, 2.05) is 81.4 Å². The van der Waals surface area contributed by atoms with Crippen molar-refractivity contribution in [1.82, 2.24) is 9.97 Å². The maximum atomic E-state index is 12.7. The number of rotatable bonds is 7. The number of thioether (sulfide) groups is 1. The van der Waals surface area contributed by atoms with Crippen molar-refractivity contribution in [3.8, 4) is 17.0 Å². The zero-order valence-corrected chi connectivity index (χ0v) is 17.0. The lowest BCUT2D eigenvalue weighted by Crippen LogP contribution is -2.23. The van der Waals surface area contributed by atoms with Crippen molar-refractivity contribution in [3.63, 3.8) is 0 Å². The summed E-state index contributed by atoms with van der Waals surface area (Å²) in [5.41, 5.74) is 2.55. The Kier molecular flexibility index (Phi) is 6.66. The molecule has 2 aromatic carbocycles. The van der Waals surface area contributed by atoms with Crippen LogP contribution in [-0.2, 0) is 4.79 Å². The van der Waals surface area contributed by atoms with Crippen LogP contribution in [0.15, 0.2) is 65.7 Å². The van der Waals surface area contributed by atoms with Crippen LogP contribution in [0.25, 0.3) is 11.3 Å². The van der Waals surface area contributed by atoms with E-state index in [9.17, 15) is 4.79 Å². The maximum Gasteiger partial charge on any atom is 0.237 e. The molecule has 1 heterocycles. The van der Waals surface area contributed by atoms with Crippen molar-refractivity contribution in [1.29, 1.82) is 0 Å². The highest BCUT2D eigenvalue weighted by Gasteiger charge is 2.18. The van der Waals surface area contributed by atoms with Gasteiger partial charge in [-0.15, -0.1) is 0 Å². The number of carbonyl (C=O) groups is 1. The van der Waals surface area contributed by atoms with Gasteiger partial charge in [0, 0.05) is 5.56 Å². The van der Waals surface area contributed by atoms with Crippen LogP contribution in [0.5, 0.6) is 5.75 Å². The minimum absolute atomic E-state index is 0.102. The molecule has 1 aromatic heterocycles. The summed E-state index contributed by atoms with van der Waals surface area (Å²) in [4.78, 5) is 21.7. The zero-order chi connectivity index (χ0) is 19.9. The molecule has 1 atom stereocenters. The van der Waals surface area contributed by atoms with Gasteiger partial charge in [-0.1, -0.05) is 54.2 Å². The first kappa shape index (κ1) is 19.9. The molecule has 3 aromatic rings. The number of anilines is 1. The van der Waals surface area contributed by atoms with Gasteiger partial charge in [-0.3, -0.25) is 4.79 Å². The number of hydrogen-bond donors (Lipinski definition) is 1. The van der Waals surface area contributed by atoms with Crippen LogP contribution < -0.4 is 10.1 Å². The number of benzene rings is 2. The van der Waals surface area contributed by atoms with E-state index in [0.29, 0.717) is 23.9 Å². The highest BCUT2D eigenvalue weighted by Crippen LogP contribution is 2.28. The van der Waals surface area contributed by atoms with Crippen LogP contribution in [0.1, 0.15) is 19.7 Å². The molecule has 0 aliphatic carbocycles. The van der Waals surface area contributed by atoms with E-state index < -0.39 is 0 Å². The molecule has 144 valence electrons. The Morgan fingerprint density at radius 2 is 1.82 bits per heavy atom. The van der Waals surface area contributed by atoms with Crippen molar-refractivity contribution in [2.45, 2.75) is 31.0 Å². The van der Waals surface area contributed by atoms with Gasteiger partial charge in [0.15, 0.2) is 0 Å². The van der Waals surface area contributed by atoms with Gasteiger partial charge in [0.05, 0.1) is 23.2 Å². The molecular formula is C22H23N3O2S. The van der Waals surface area contributed by atoms with Crippen LogP contribution in [0, 0.1) is 6.92 Å². The Hall–Kier alpha value is -2.86. The third kappa shape index (κ3) is 5.10. The second kappa shape index (κ2) is 9.37. The summed E-state index contributed by atoms with van der Waals surface area (Å²) in [6.07, 6.45) is 0. The molecule has 0 fully saturated rings. The van der Waals surface area contributed by atoms with Gasteiger partial charge >= 0.3 is 0 Å². The molecule has 6 heteroatoms. The van der Waals surface area contributed by atoms with Gasteiger partial charge in [-0.25, -0.2) is 9.97 Å². The van der Waals surface area contributed by atoms with Crippen molar-refractivity contribution < 1.29 is 9.53 Å². The molecule has 0 spiro atoms. The first-order valence-electron chi connectivity index (χ1n) is 9.17. The molecule has 0 aliphatic rings. The molecule has 0 bridgehead atoms. The average molecular weight is 394 g/mol. The van der Waals surface area contributed by atoms with Gasteiger partial charge in [0.1, 0.15) is 16.6 Å². The van der Waals surface area contributed by atoms with E-state index in [1.54, 1.807) is 0 Å². The summed E-state index contributed by atoms with van der Waals surface area (Å²) in [7, 11) is 0. The quantitative estimate of drug-likeness (QED) is 0.453. The van der Waals surface area contributed by atoms with Crippen LogP contribution in [-0.4, -0.2) is 27.7 Å². The monoisotopic (exact) mass is 393 g/mol. The molecule has 1 unspecified atom stereocenters. The minimum atomic E-state index is -0.326. The summed E-state index contributed by atoms with van der Waals surface area (Å²) in [6, 6.07) is 19.3. The Balaban J connectivity index is 1.73. The number of carbonyl (C=O) groups excluding carboxylic acids is 1. The van der Waals surface area contributed by atoms with Gasteiger partial charge < -0.3 is 10.1 Å². The Morgan fingerprint density at radius 1 is 1.11 bits per heavy atom. The van der Waals surface area contributed by atoms with E-state index in [-0.39, 0.29) is 11.2 Å². The fourth-order valence-corrected chi connectivity index (χ4v) is 3.57. The van der Waals surface area contributed by atoms with Crippen molar-refractivity contribution >= 4 is 23.4 Å². The summed E-state index contributed by atoms with van der Waals surface area (Å²) in [5, 5.41) is 3.39. The second-order valence-corrected chi connectivity index (χ2v) is 7.54. The second-order valence-electron chi connectivity index (χ2n) is 6.18. The molecule has 0 saturated carbocycles. The number of aromatic nitrogens is 2. The lowest BCUT2D eigenvalue weighted by Gasteiger charge is -2.15. The number of para-hydroxylation sites is 2. The topological polar surface area (TPSA) is 64.1 Å². The lowest BCUT2D eigenvalue weighted by atomic mass is 10.1. The van der Waals surface area contributed by atoms with Gasteiger partial charge in [-0.05, 0) is 39.0 Å². The summed E-state index contributed by atoms with van der Waals surface area (Å²) >= 11 is 1.41. The normalized spacial score (nSPS) is 11.7. The minimum Gasteiger partial charge on any atom is -0.492 e. The number of nitrogens with one attached hydrogen (secondary N) is 1. The molecule has 0 saturated heterocycles. The molecule has 0 radical (unpaired) electrons. The predicted molar refractivity (Wildman–Crippen MR) is 114 cm³/mol. The first-order chi connectivity index (χ1) is 13.6. The van der Waals surface area contributed by atoms with E-state index in [1.165, 1.54) is 11.8 Å².